The maximum atomic E-state index is 12.6. The molecule has 29 heavy (non-hydrogen) atoms. The van der Waals surface area contributed by atoms with Crippen molar-refractivity contribution in [1.29, 1.82) is 0 Å². The van der Waals surface area contributed by atoms with E-state index >= 15 is 0 Å². The molecule has 0 spiro atoms. The van der Waals surface area contributed by atoms with E-state index in [2.05, 4.69) is 5.32 Å². The van der Waals surface area contributed by atoms with E-state index in [1.165, 1.54) is 7.11 Å². The highest BCUT2D eigenvalue weighted by molar-refractivity contribution is 6.06. The molecule has 0 radical (unpaired) electrons. The minimum absolute atomic E-state index is 0.160. The molecule has 2 aromatic carbocycles. The summed E-state index contributed by atoms with van der Waals surface area (Å²) in [7, 11) is 1.37. The van der Waals surface area contributed by atoms with Crippen molar-refractivity contribution in [1.82, 2.24) is 4.90 Å². The van der Waals surface area contributed by atoms with Crippen LogP contribution in [0.2, 0.25) is 0 Å². The number of nitrogens with zero attached hydrogens (tertiary/aromatic N) is 1. The number of anilines is 1. The second-order valence-corrected chi connectivity index (χ2v) is 6.78. The number of piperidine rings is 1. The van der Waals surface area contributed by atoms with Crippen molar-refractivity contribution in [2.75, 3.05) is 32.1 Å². The molecule has 0 aliphatic carbocycles. The number of benzene rings is 2. The first-order valence-electron chi connectivity index (χ1n) is 9.52. The number of carbonyl (C=O) groups excluding carboxylic acids is 3. The fourth-order valence-electron chi connectivity index (χ4n) is 3.26. The fraction of sp³-hybridized carbons (Fsp3) is 0.318. The SMILES string of the molecule is COC(=O)C1CCN(C(=O)COc2ccccc2C(=O)Nc2ccccc2)CC1. The van der Waals surface area contributed by atoms with Gasteiger partial charge < -0.3 is 19.7 Å². The summed E-state index contributed by atoms with van der Waals surface area (Å²) in [5.41, 5.74) is 1.03. The molecule has 1 aliphatic heterocycles. The molecule has 0 atom stereocenters. The van der Waals surface area contributed by atoms with Crippen molar-refractivity contribution < 1.29 is 23.9 Å². The average molecular weight is 396 g/mol. The molecule has 7 nitrogen and oxygen atoms in total. The summed E-state index contributed by atoms with van der Waals surface area (Å²) in [5, 5.41) is 2.81. The second kappa shape index (κ2) is 9.73. The largest absolute Gasteiger partial charge is 0.483 e. The van der Waals surface area contributed by atoms with Gasteiger partial charge in [0.1, 0.15) is 5.75 Å². The molecule has 1 fully saturated rings. The second-order valence-electron chi connectivity index (χ2n) is 6.78. The molecule has 3 rings (SSSR count). The number of rotatable bonds is 6. The standard InChI is InChI=1S/C22H24N2O5/c1-28-22(27)16-11-13-24(14-12-16)20(25)15-29-19-10-6-5-9-18(19)21(26)23-17-7-3-2-4-8-17/h2-10,16H,11-15H2,1H3,(H,23,26). The number of para-hydroxylation sites is 2. The van der Waals surface area contributed by atoms with Crippen LogP contribution in [-0.2, 0) is 14.3 Å². The molecule has 1 N–H and O–H groups in total. The van der Waals surface area contributed by atoms with E-state index in [9.17, 15) is 14.4 Å². The van der Waals surface area contributed by atoms with Gasteiger partial charge in [0.05, 0.1) is 18.6 Å². The van der Waals surface area contributed by atoms with Crippen molar-refractivity contribution in [2.24, 2.45) is 5.92 Å². The van der Waals surface area contributed by atoms with Crippen LogP contribution in [0.3, 0.4) is 0 Å². The number of esters is 1. The third-order valence-electron chi connectivity index (χ3n) is 4.90. The maximum Gasteiger partial charge on any atom is 0.308 e. The lowest BCUT2D eigenvalue weighted by Gasteiger charge is -2.30. The molecule has 1 aliphatic rings. The first kappa shape index (κ1) is 20.4. The maximum absolute atomic E-state index is 12.6. The predicted octanol–water partition coefficient (Wildman–Crippen LogP) is 2.73. The van der Waals surface area contributed by atoms with Crippen molar-refractivity contribution in [3.8, 4) is 5.75 Å². The highest BCUT2D eigenvalue weighted by Gasteiger charge is 2.28. The molecule has 0 unspecified atom stereocenters. The smallest absolute Gasteiger partial charge is 0.308 e. The van der Waals surface area contributed by atoms with Crippen LogP contribution >= 0.6 is 0 Å². The molecule has 7 heteroatoms. The van der Waals surface area contributed by atoms with Gasteiger partial charge in [-0.05, 0) is 37.1 Å². The van der Waals surface area contributed by atoms with E-state index < -0.39 is 0 Å². The zero-order chi connectivity index (χ0) is 20.6. The number of likely N-dealkylation sites (tertiary alicyclic amines) is 1. The molecule has 0 saturated carbocycles. The Morgan fingerprint density at radius 2 is 1.66 bits per heavy atom. The van der Waals surface area contributed by atoms with Gasteiger partial charge in [0.25, 0.3) is 11.8 Å². The summed E-state index contributed by atoms with van der Waals surface area (Å²) in [6, 6.07) is 15.9. The Bertz CT molecular complexity index is 861. The van der Waals surface area contributed by atoms with Crippen molar-refractivity contribution in [2.45, 2.75) is 12.8 Å². The number of methoxy groups -OCH3 is 1. The lowest BCUT2D eigenvalue weighted by molar-refractivity contribution is -0.149. The van der Waals surface area contributed by atoms with Gasteiger partial charge in [-0.15, -0.1) is 0 Å². The molecular formula is C22H24N2O5. The van der Waals surface area contributed by atoms with Gasteiger partial charge in [-0.2, -0.15) is 0 Å². The van der Waals surface area contributed by atoms with Gasteiger partial charge in [0.2, 0.25) is 0 Å². The van der Waals surface area contributed by atoms with Gasteiger partial charge >= 0.3 is 5.97 Å². The van der Waals surface area contributed by atoms with Gasteiger partial charge in [-0.1, -0.05) is 30.3 Å². The highest BCUT2D eigenvalue weighted by Crippen LogP contribution is 2.21. The van der Waals surface area contributed by atoms with E-state index in [1.54, 1.807) is 41.3 Å². The minimum Gasteiger partial charge on any atom is -0.483 e. The monoisotopic (exact) mass is 396 g/mol. The topological polar surface area (TPSA) is 84.9 Å². The van der Waals surface area contributed by atoms with Gasteiger partial charge in [-0.25, -0.2) is 0 Å². The summed E-state index contributed by atoms with van der Waals surface area (Å²) < 4.78 is 10.4. The van der Waals surface area contributed by atoms with Crippen LogP contribution < -0.4 is 10.1 Å². The fourth-order valence-corrected chi connectivity index (χ4v) is 3.26. The van der Waals surface area contributed by atoms with E-state index in [0.29, 0.717) is 42.9 Å². The van der Waals surface area contributed by atoms with E-state index in [-0.39, 0.29) is 30.3 Å². The zero-order valence-corrected chi connectivity index (χ0v) is 16.3. The van der Waals surface area contributed by atoms with Gasteiger partial charge in [-0.3, -0.25) is 14.4 Å². The number of hydrogen-bond acceptors (Lipinski definition) is 5. The number of nitrogens with one attached hydrogen (secondary N) is 1. The summed E-state index contributed by atoms with van der Waals surface area (Å²) in [6.07, 6.45) is 1.16. The summed E-state index contributed by atoms with van der Waals surface area (Å²) in [5.74, 6) is -0.525. The van der Waals surface area contributed by atoms with Crippen LogP contribution in [0, 0.1) is 5.92 Å². The van der Waals surface area contributed by atoms with E-state index in [4.69, 9.17) is 9.47 Å². The number of amides is 2. The van der Waals surface area contributed by atoms with Crippen molar-refractivity contribution in [3.63, 3.8) is 0 Å². The zero-order valence-electron chi connectivity index (χ0n) is 16.3. The Labute approximate surface area is 169 Å². The molecule has 0 aromatic heterocycles. The normalized spacial score (nSPS) is 14.2. The van der Waals surface area contributed by atoms with E-state index in [1.807, 2.05) is 18.2 Å². The molecule has 152 valence electrons. The Balaban J connectivity index is 1.56. The molecule has 2 amide bonds. The van der Waals surface area contributed by atoms with Gasteiger partial charge in [0.15, 0.2) is 6.61 Å². The molecular weight excluding hydrogens is 372 g/mol. The predicted molar refractivity (Wildman–Crippen MR) is 108 cm³/mol. The minimum atomic E-state index is -0.307. The quantitative estimate of drug-likeness (QED) is 0.759. The van der Waals surface area contributed by atoms with Crippen molar-refractivity contribution in [3.05, 3.63) is 60.2 Å². The lowest BCUT2D eigenvalue weighted by Crippen LogP contribution is -2.42. The van der Waals surface area contributed by atoms with Crippen LogP contribution in [0.5, 0.6) is 5.75 Å². The molecule has 1 heterocycles. The third-order valence-corrected chi connectivity index (χ3v) is 4.90. The number of carbonyl (C=O) groups is 3. The summed E-state index contributed by atoms with van der Waals surface area (Å²) in [4.78, 5) is 38.3. The van der Waals surface area contributed by atoms with Crippen LogP contribution in [0.15, 0.2) is 54.6 Å². The Hall–Kier alpha value is -3.35. The first-order chi connectivity index (χ1) is 14.1. The Morgan fingerprint density at radius 3 is 2.34 bits per heavy atom. The van der Waals surface area contributed by atoms with Crippen LogP contribution in [0.4, 0.5) is 5.69 Å². The highest BCUT2D eigenvalue weighted by atomic mass is 16.5. The lowest BCUT2D eigenvalue weighted by atomic mass is 9.97. The van der Waals surface area contributed by atoms with Gasteiger partial charge in [0, 0.05) is 18.8 Å². The van der Waals surface area contributed by atoms with Crippen LogP contribution in [-0.4, -0.2) is 49.5 Å². The molecule has 2 aromatic rings. The summed E-state index contributed by atoms with van der Waals surface area (Å²) >= 11 is 0. The first-order valence-corrected chi connectivity index (χ1v) is 9.52. The molecule has 0 bridgehead atoms. The van der Waals surface area contributed by atoms with Crippen LogP contribution in [0.1, 0.15) is 23.2 Å². The Morgan fingerprint density at radius 1 is 1.00 bits per heavy atom. The molecule has 1 saturated heterocycles. The van der Waals surface area contributed by atoms with E-state index in [0.717, 1.165) is 0 Å². The number of hydrogen-bond donors (Lipinski definition) is 1. The summed E-state index contributed by atoms with van der Waals surface area (Å²) in [6.45, 7) is 0.800. The van der Waals surface area contributed by atoms with Crippen LogP contribution in [0.25, 0.3) is 0 Å². The average Bonchev–Trinajstić information content (AvgIpc) is 2.78. The third kappa shape index (κ3) is 5.34. The number of ether oxygens (including phenoxy) is 2. The Kier molecular flexibility index (Phi) is 6.84. The van der Waals surface area contributed by atoms with Crippen molar-refractivity contribution >= 4 is 23.5 Å².